The molecule has 1 aliphatic heterocycles. The highest BCUT2D eigenvalue weighted by atomic mass is 16.5. The average Bonchev–Trinajstić information content (AvgIpc) is 2.92. The van der Waals surface area contributed by atoms with E-state index in [1.165, 1.54) is 10.8 Å². The second kappa shape index (κ2) is 4.70. The summed E-state index contributed by atoms with van der Waals surface area (Å²) < 4.78 is 6.66. The molecule has 0 saturated carbocycles. The van der Waals surface area contributed by atoms with Gasteiger partial charge in [0.25, 0.3) is 5.56 Å². The summed E-state index contributed by atoms with van der Waals surface area (Å²) >= 11 is 0. The van der Waals surface area contributed by atoms with Crippen molar-refractivity contribution in [2.45, 2.75) is 6.54 Å². The molecule has 0 radical (unpaired) electrons. The Kier molecular flexibility index (Phi) is 2.88. The van der Waals surface area contributed by atoms with Crippen molar-refractivity contribution in [2.75, 3.05) is 18.6 Å². The molecule has 20 heavy (non-hydrogen) atoms. The lowest BCUT2D eigenvalue weighted by molar-refractivity contribution is 0.415. The summed E-state index contributed by atoms with van der Waals surface area (Å²) in [5, 5.41) is 8.86. The number of methoxy groups -OCH3 is 1. The van der Waals surface area contributed by atoms with Crippen LogP contribution in [-0.2, 0) is 6.54 Å². The molecular formula is C14H12N4O2. The van der Waals surface area contributed by atoms with Crippen molar-refractivity contribution < 1.29 is 4.74 Å². The molecule has 0 spiro atoms. The maximum Gasteiger partial charge on any atom is 0.272 e. The fraction of sp³-hybridized carbons (Fsp3) is 0.214. The van der Waals surface area contributed by atoms with Gasteiger partial charge in [-0.3, -0.25) is 9.36 Å². The van der Waals surface area contributed by atoms with Crippen molar-refractivity contribution in [3.63, 3.8) is 0 Å². The predicted molar refractivity (Wildman–Crippen MR) is 73.2 cm³/mol. The van der Waals surface area contributed by atoms with Gasteiger partial charge >= 0.3 is 0 Å². The van der Waals surface area contributed by atoms with Crippen LogP contribution in [0.15, 0.2) is 35.3 Å². The maximum absolute atomic E-state index is 12.0. The van der Waals surface area contributed by atoms with Crippen LogP contribution in [-0.4, -0.2) is 23.2 Å². The highest BCUT2D eigenvalue weighted by molar-refractivity contribution is 5.60. The lowest BCUT2D eigenvalue weighted by Gasteiger charge is -2.17. The van der Waals surface area contributed by atoms with E-state index in [4.69, 9.17) is 10.00 Å². The van der Waals surface area contributed by atoms with Crippen molar-refractivity contribution >= 4 is 11.6 Å². The first-order valence-corrected chi connectivity index (χ1v) is 6.16. The second-order valence-corrected chi connectivity index (χ2v) is 4.39. The van der Waals surface area contributed by atoms with Crippen LogP contribution in [0.4, 0.5) is 11.6 Å². The molecule has 1 aliphatic rings. The van der Waals surface area contributed by atoms with Gasteiger partial charge in [0.05, 0.1) is 13.3 Å². The summed E-state index contributed by atoms with van der Waals surface area (Å²) in [5.74, 6) is 1.34. The highest BCUT2D eigenvalue weighted by Gasteiger charge is 2.23. The number of rotatable bonds is 2. The van der Waals surface area contributed by atoms with Gasteiger partial charge in [0.1, 0.15) is 17.4 Å². The van der Waals surface area contributed by atoms with E-state index in [-0.39, 0.29) is 11.1 Å². The smallest absolute Gasteiger partial charge is 0.272 e. The normalized spacial score (nSPS) is 12.9. The van der Waals surface area contributed by atoms with Gasteiger partial charge in [-0.05, 0) is 24.3 Å². The third kappa shape index (κ3) is 1.80. The molecule has 2 heterocycles. The van der Waals surface area contributed by atoms with Crippen molar-refractivity contribution in [2.24, 2.45) is 0 Å². The van der Waals surface area contributed by atoms with Crippen LogP contribution in [0.5, 0.6) is 5.75 Å². The molecular weight excluding hydrogens is 256 g/mol. The van der Waals surface area contributed by atoms with E-state index in [1.54, 1.807) is 7.11 Å². The van der Waals surface area contributed by atoms with Gasteiger partial charge in [-0.15, -0.1) is 0 Å². The summed E-state index contributed by atoms with van der Waals surface area (Å²) in [6.07, 6.45) is 1.33. The Morgan fingerprint density at radius 2 is 2.05 bits per heavy atom. The summed E-state index contributed by atoms with van der Waals surface area (Å²) in [6, 6.07) is 9.42. The topological polar surface area (TPSA) is 71.2 Å². The molecule has 6 nitrogen and oxygen atoms in total. The number of ether oxygens (including phenoxy) is 1. The summed E-state index contributed by atoms with van der Waals surface area (Å²) in [6.45, 7) is 1.19. The number of hydrogen-bond acceptors (Lipinski definition) is 5. The molecule has 0 fully saturated rings. The molecule has 0 aliphatic carbocycles. The Morgan fingerprint density at radius 1 is 1.30 bits per heavy atom. The maximum atomic E-state index is 12.0. The van der Waals surface area contributed by atoms with Gasteiger partial charge in [0.2, 0.25) is 5.95 Å². The number of nitrogens with zero attached hydrogens (tertiary/aromatic N) is 4. The summed E-state index contributed by atoms with van der Waals surface area (Å²) in [5.41, 5.74) is 0.729. The minimum atomic E-state index is -0.284. The van der Waals surface area contributed by atoms with Crippen molar-refractivity contribution in [3.8, 4) is 11.8 Å². The van der Waals surface area contributed by atoms with Gasteiger partial charge in [-0.1, -0.05) is 0 Å². The molecule has 0 unspecified atom stereocenters. The van der Waals surface area contributed by atoms with Crippen LogP contribution < -0.4 is 15.2 Å². The van der Waals surface area contributed by atoms with Crippen LogP contribution in [0.1, 0.15) is 5.56 Å². The average molecular weight is 268 g/mol. The Hall–Kier alpha value is -2.81. The van der Waals surface area contributed by atoms with Gasteiger partial charge in [0.15, 0.2) is 0 Å². The largest absolute Gasteiger partial charge is 0.497 e. The first-order chi connectivity index (χ1) is 9.74. The Morgan fingerprint density at radius 3 is 2.70 bits per heavy atom. The van der Waals surface area contributed by atoms with E-state index in [0.29, 0.717) is 19.0 Å². The van der Waals surface area contributed by atoms with E-state index in [9.17, 15) is 4.79 Å². The Balaban J connectivity index is 2.03. The van der Waals surface area contributed by atoms with Crippen molar-refractivity contribution in [1.29, 1.82) is 5.26 Å². The highest BCUT2D eigenvalue weighted by Crippen LogP contribution is 2.28. The van der Waals surface area contributed by atoms with Crippen molar-refractivity contribution in [3.05, 3.63) is 46.4 Å². The van der Waals surface area contributed by atoms with E-state index >= 15 is 0 Å². The minimum Gasteiger partial charge on any atom is -0.497 e. The SMILES string of the molecule is COc1ccc(N2CCn3c2ncc(C#N)c3=O)cc1. The van der Waals surface area contributed by atoms with Crippen LogP contribution in [0.2, 0.25) is 0 Å². The monoisotopic (exact) mass is 268 g/mol. The lowest BCUT2D eigenvalue weighted by atomic mass is 10.3. The van der Waals surface area contributed by atoms with E-state index in [0.717, 1.165) is 11.4 Å². The summed E-state index contributed by atoms with van der Waals surface area (Å²) in [4.78, 5) is 18.2. The molecule has 6 heteroatoms. The molecule has 0 bridgehead atoms. The Labute approximate surface area is 115 Å². The zero-order valence-electron chi connectivity index (χ0n) is 10.9. The molecule has 0 atom stereocenters. The van der Waals surface area contributed by atoms with Crippen molar-refractivity contribution in [1.82, 2.24) is 9.55 Å². The third-order valence-corrected chi connectivity index (χ3v) is 3.32. The molecule has 3 rings (SSSR count). The second-order valence-electron chi connectivity index (χ2n) is 4.39. The van der Waals surface area contributed by atoms with Crippen LogP contribution >= 0.6 is 0 Å². The third-order valence-electron chi connectivity index (χ3n) is 3.32. The minimum absolute atomic E-state index is 0.0744. The quantitative estimate of drug-likeness (QED) is 0.820. The van der Waals surface area contributed by atoms with Crippen LogP contribution in [0.25, 0.3) is 0 Å². The molecule has 1 aromatic carbocycles. The number of benzene rings is 1. The molecule has 0 saturated heterocycles. The molecule has 100 valence electrons. The number of anilines is 2. The first kappa shape index (κ1) is 12.2. The zero-order chi connectivity index (χ0) is 14.1. The van der Waals surface area contributed by atoms with Crippen LogP contribution in [0, 0.1) is 11.3 Å². The van der Waals surface area contributed by atoms with Gasteiger partial charge in [0, 0.05) is 18.8 Å². The molecule has 0 N–H and O–H groups in total. The van der Waals surface area contributed by atoms with Gasteiger partial charge in [-0.2, -0.15) is 5.26 Å². The lowest BCUT2D eigenvalue weighted by Crippen LogP contribution is -2.22. The Bertz CT molecular complexity index is 743. The van der Waals surface area contributed by atoms with Crippen LogP contribution in [0.3, 0.4) is 0 Å². The summed E-state index contributed by atoms with van der Waals surface area (Å²) in [7, 11) is 1.62. The van der Waals surface area contributed by atoms with Gasteiger partial charge < -0.3 is 9.64 Å². The zero-order valence-corrected chi connectivity index (χ0v) is 10.9. The fourth-order valence-corrected chi connectivity index (χ4v) is 2.28. The van der Waals surface area contributed by atoms with E-state index in [1.807, 2.05) is 35.2 Å². The number of hydrogen-bond donors (Lipinski definition) is 0. The first-order valence-electron chi connectivity index (χ1n) is 6.16. The van der Waals surface area contributed by atoms with E-state index < -0.39 is 0 Å². The fourth-order valence-electron chi connectivity index (χ4n) is 2.28. The standard InChI is InChI=1S/C14H12N4O2/c1-20-12-4-2-11(3-5-12)17-6-7-18-13(19)10(8-15)9-16-14(17)18/h2-5,9H,6-7H2,1H3. The molecule has 1 aromatic heterocycles. The van der Waals surface area contributed by atoms with Gasteiger partial charge in [-0.25, -0.2) is 4.98 Å². The predicted octanol–water partition coefficient (Wildman–Crippen LogP) is 1.28. The number of fused-ring (bicyclic) bond motifs is 1. The number of nitriles is 1. The van der Waals surface area contributed by atoms with E-state index in [2.05, 4.69) is 4.98 Å². The molecule has 2 aromatic rings. The number of aromatic nitrogens is 2. The molecule has 0 amide bonds.